The predicted molar refractivity (Wildman–Crippen MR) is 128 cm³/mol. The molecule has 3 aromatic rings. The quantitative estimate of drug-likeness (QED) is 0.329. The molecule has 0 bridgehead atoms. The van der Waals surface area contributed by atoms with Crippen LogP contribution in [0.2, 0.25) is 0 Å². The molecular formula is C28H37N3O2. The first-order chi connectivity index (χ1) is 16.0. The molecule has 2 aromatic carbocycles. The Bertz CT molecular complexity index is 981. The first-order valence-electron chi connectivity index (χ1n) is 12.4. The number of unbranched alkanes of at least 4 members (excludes halogenated alkanes) is 1. The van der Waals surface area contributed by atoms with Crippen LogP contribution in [-0.4, -0.2) is 35.3 Å². The van der Waals surface area contributed by atoms with Gasteiger partial charge < -0.3 is 14.1 Å². The normalized spacial score (nSPS) is 17.1. The van der Waals surface area contributed by atoms with Crippen molar-refractivity contribution in [3.05, 3.63) is 83.5 Å². The van der Waals surface area contributed by atoms with Crippen molar-refractivity contribution in [2.75, 3.05) is 20.6 Å². The average Bonchev–Trinajstić information content (AvgIpc) is 3.31. The third-order valence-corrected chi connectivity index (χ3v) is 7.07. The van der Waals surface area contributed by atoms with Crippen LogP contribution in [0, 0.1) is 5.92 Å². The topological polar surface area (TPSA) is 62.0 Å². The van der Waals surface area contributed by atoms with Gasteiger partial charge in [-0.15, -0.1) is 0 Å². The Labute approximate surface area is 198 Å². The van der Waals surface area contributed by atoms with Crippen LogP contribution in [0.25, 0.3) is 0 Å². The highest BCUT2D eigenvalue weighted by Crippen LogP contribution is 2.40. The van der Waals surface area contributed by atoms with Gasteiger partial charge in [0.1, 0.15) is 0 Å². The minimum absolute atomic E-state index is 0.000383. The fourth-order valence-electron chi connectivity index (χ4n) is 5.17. The number of quaternary nitrogens is 1. The summed E-state index contributed by atoms with van der Waals surface area (Å²) in [5.74, 6) is 0.865. The smallest absolute Gasteiger partial charge is 0.281 e. The van der Waals surface area contributed by atoms with E-state index in [1.165, 1.54) is 12.0 Å². The zero-order valence-corrected chi connectivity index (χ0v) is 20.1. The molecule has 1 heterocycles. The summed E-state index contributed by atoms with van der Waals surface area (Å²) < 4.78 is 6.42. The Hall–Kier alpha value is -2.50. The molecular weight excluding hydrogens is 410 g/mol. The van der Waals surface area contributed by atoms with E-state index in [0.29, 0.717) is 18.3 Å². The van der Waals surface area contributed by atoms with Crippen LogP contribution >= 0.6 is 0 Å². The van der Waals surface area contributed by atoms with Gasteiger partial charge in [-0.25, -0.2) is 0 Å². The average molecular weight is 448 g/mol. The second-order valence-corrected chi connectivity index (χ2v) is 10.2. The molecule has 1 saturated carbocycles. The fraction of sp³-hybridized carbons (Fsp3) is 0.500. The molecule has 0 aliphatic heterocycles. The molecule has 0 N–H and O–H groups in total. The largest absolute Gasteiger partial charge is 0.840 e. The van der Waals surface area contributed by atoms with E-state index in [9.17, 15) is 5.11 Å². The molecule has 1 aromatic heterocycles. The lowest BCUT2D eigenvalue weighted by atomic mass is 9.73. The summed E-state index contributed by atoms with van der Waals surface area (Å²) in [7, 11) is 4.38. The van der Waals surface area contributed by atoms with Crippen LogP contribution in [0.4, 0.5) is 0 Å². The molecule has 0 radical (unpaired) electrons. The molecule has 1 aliphatic carbocycles. The lowest BCUT2D eigenvalue weighted by Crippen LogP contribution is -2.50. The van der Waals surface area contributed by atoms with Crippen LogP contribution in [0.1, 0.15) is 67.8 Å². The predicted octanol–water partition coefficient (Wildman–Crippen LogP) is 4.85. The number of aromatic nitrogens is 2. The fourth-order valence-corrected chi connectivity index (χ4v) is 5.17. The van der Waals surface area contributed by atoms with E-state index in [4.69, 9.17) is 4.52 Å². The highest BCUT2D eigenvalue weighted by molar-refractivity contribution is 5.29. The maximum absolute atomic E-state index is 14.4. The van der Waals surface area contributed by atoms with E-state index in [-0.39, 0.29) is 5.92 Å². The first-order valence-corrected chi connectivity index (χ1v) is 12.4. The second-order valence-electron chi connectivity index (χ2n) is 10.2. The summed E-state index contributed by atoms with van der Waals surface area (Å²) in [5, 5.41) is 18.6. The number of hydrogen-bond donors (Lipinski definition) is 0. The van der Waals surface area contributed by atoms with Crippen molar-refractivity contribution in [3.63, 3.8) is 0 Å². The Morgan fingerprint density at radius 2 is 1.61 bits per heavy atom. The minimum atomic E-state index is -1.45. The van der Waals surface area contributed by atoms with E-state index < -0.39 is 5.60 Å². The van der Waals surface area contributed by atoms with E-state index >= 15 is 0 Å². The summed E-state index contributed by atoms with van der Waals surface area (Å²) in [6, 6.07) is 20.3. The van der Waals surface area contributed by atoms with Crippen molar-refractivity contribution in [1.29, 1.82) is 0 Å². The van der Waals surface area contributed by atoms with Gasteiger partial charge in [0, 0.05) is 0 Å². The first kappa shape index (κ1) is 23.7. The molecule has 1 aliphatic rings. The third-order valence-electron chi connectivity index (χ3n) is 7.07. The molecule has 5 heteroatoms. The van der Waals surface area contributed by atoms with Gasteiger partial charge in [-0.1, -0.05) is 103 Å². The Kier molecular flexibility index (Phi) is 7.61. The lowest BCUT2D eigenvalue weighted by Gasteiger charge is -2.46. The van der Waals surface area contributed by atoms with Crippen molar-refractivity contribution in [2.45, 2.75) is 63.5 Å². The Morgan fingerprint density at radius 3 is 2.30 bits per heavy atom. The molecule has 0 spiro atoms. The monoisotopic (exact) mass is 447 g/mol. The van der Waals surface area contributed by atoms with Crippen molar-refractivity contribution in [1.82, 2.24) is 10.1 Å². The second kappa shape index (κ2) is 10.6. The van der Waals surface area contributed by atoms with Crippen LogP contribution in [0.3, 0.4) is 0 Å². The Balaban J connectivity index is 1.42. The van der Waals surface area contributed by atoms with Crippen molar-refractivity contribution in [3.8, 4) is 0 Å². The molecule has 0 amide bonds. The third kappa shape index (κ3) is 5.90. The van der Waals surface area contributed by atoms with Crippen LogP contribution in [0.15, 0.2) is 65.2 Å². The summed E-state index contributed by atoms with van der Waals surface area (Å²) in [5.41, 5.74) is 0.690. The van der Waals surface area contributed by atoms with Gasteiger partial charge in [-0.3, -0.25) is 0 Å². The molecule has 176 valence electrons. The van der Waals surface area contributed by atoms with Crippen LogP contribution in [0.5, 0.6) is 0 Å². The highest BCUT2D eigenvalue weighted by atomic mass is 16.5. The summed E-state index contributed by atoms with van der Waals surface area (Å²) in [6.07, 6.45) is 8.62. The SMILES string of the molecule is C[N+](C)(CCCCc1ccccc1)Cc1nc(C([O-])(c2ccccc2)C2CCCCC2)no1. The van der Waals surface area contributed by atoms with Gasteiger partial charge >= 0.3 is 0 Å². The van der Waals surface area contributed by atoms with E-state index in [1.807, 2.05) is 30.3 Å². The molecule has 1 unspecified atom stereocenters. The van der Waals surface area contributed by atoms with E-state index in [1.54, 1.807) is 0 Å². The van der Waals surface area contributed by atoms with E-state index in [2.05, 4.69) is 54.6 Å². The zero-order valence-electron chi connectivity index (χ0n) is 20.1. The minimum Gasteiger partial charge on any atom is -0.840 e. The van der Waals surface area contributed by atoms with Gasteiger partial charge in [0.25, 0.3) is 5.89 Å². The van der Waals surface area contributed by atoms with Crippen molar-refractivity contribution in [2.24, 2.45) is 5.92 Å². The molecule has 4 rings (SSSR count). The van der Waals surface area contributed by atoms with Gasteiger partial charge in [0.15, 0.2) is 12.4 Å². The van der Waals surface area contributed by atoms with E-state index in [0.717, 1.165) is 61.5 Å². The highest BCUT2D eigenvalue weighted by Gasteiger charge is 2.36. The van der Waals surface area contributed by atoms with Crippen LogP contribution in [-0.2, 0) is 18.6 Å². The summed E-state index contributed by atoms with van der Waals surface area (Å²) in [4.78, 5) is 4.69. The lowest BCUT2D eigenvalue weighted by molar-refractivity contribution is -0.905. The standard InChI is InChI=1S/C28H37N3O2/c1-31(2,21-13-12-16-23-14-6-3-7-15-23)22-26-29-27(30-33-26)28(32,24-17-8-4-9-18-24)25-19-10-5-11-20-25/h3-4,6-9,14-15,17-18,25H,5,10-13,16,19-22H2,1-2H3. The molecule has 5 nitrogen and oxygen atoms in total. The summed E-state index contributed by atoms with van der Waals surface area (Å²) in [6.45, 7) is 1.66. The maximum Gasteiger partial charge on any atom is 0.281 e. The number of aryl methyl sites for hydroxylation is 1. The molecule has 0 saturated heterocycles. The zero-order chi connectivity index (χ0) is 23.2. The maximum atomic E-state index is 14.4. The van der Waals surface area contributed by atoms with Gasteiger partial charge in [-0.2, -0.15) is 4.98 Å². The molecule has 1 atom stereocenters. The van der Waals surface area contributed by atoms with Crippen molar-refractivity contribution >= 4 is 0 Å². The number of rotatable bonds is 10. The Morgan fingerprint density at radius 1 is 0.939 bits per heavy atom. The molecule has 1 fully saturated rings. The summed E-state index contributed by atoms with van der Waals surface area (Å²) >= 11 is 0. The number of benzene rings is 2. The van der Waals surface area contributed by atoms with Gasteiger partial charge in [0.2, 0.25) is 0 Å². The number of nitrogens with zero attached hydrogens (tertiary/aromatic N) is 3. The molecule has 33 heavy (non-hydrogen) atoms. The van der Waals surface area contributed by atoms with Crippen LogP contribution < -0.4 is 5.11 Å². The van der Waals surface area contributed by atoms with Gasteiger partial charge in [-0.05, 0) is 36.3 Å². The van der Waals surface area contributed by atoms with Gasteiger partial charge in [0.05, 0.1) is 20.6 Å². The number of hydrogen-bond acceptors (Lipinski definition) is 4. The van der Waals surface area contributed by atoms with Crippen molar-refractivity contribution < 1.29 is 14.1 Å².